The summed E-state index contributed by atoms with van der Waals surface area (Å²) in [6.45, 7) is 3.69. The van der Waals surface area contributed by atoms with Crippen LogP contribution in [0.5, 0.6) is 5.75 Å². The predicted molar refractivity (Wildman–Crippen MR) is 80.1 cm³/mol. The van der Waals surface area contributed by atoms with Gasteiger partial charge >= 0.3 is 0 Å². The minimum atomic E-state index is 0.0264. The fourth-order valence-corrected chi connectivity index (χ4v) is 2.25. The van der Waals surface area contributed by atoms with Gasteiger partial charge in [-0.25, -0.2) is 0 Å². The van der Waals surface area contributed by atoms with Crippen molar-refractivity contribution in [1.29, 1.82) is 0 Å². The van der Waals surface area contributed by atoms with Gasteiger partial charge in [0.05, 0.1) is 13.2 Å². The first kappa shape index (κ1) is 14.3. The zero-order valence-corrected chi connectivity index (χ0v) is 11.9. The van der Waals surface area contributed by atoms with Crippen LogP contribution < -0.4 is 15.5 Å². The standard InChI is InChI=1S/C16H20N2O2/c1-3-17-15(12-18-10-8-13(19)9-11-18)14-6-4-5-7-16(14)20-2/h4-11,15,17H,3,12H2,1-2H3. The maximum Gasteiger partial charge on any atom is 0.181 e. The van der Waals surface area contributed by atoms with E-state index in [1.807, 2.05) is 35.2 Å². The van der Waals surface area contributed by atoms with Crippen molar-refractivity contribution >= 4 is 0 Å². The predicted octanol–water partition coefficient (Wildman–Crippen LogP) is 2.21. The van der Waals surface area contributed by atoms with E-state index < -0.39 is 0 Å². The van der Waals surface area contributed by atoms with Crippen LogP contribution in [0.2, 0.25) is 0 Å². The van der Waals surface area contributed by atoms with Crippen LogP contribution in [0.15, 0.2) is 53.6 Å². The number of hydrogen-bond donors (Lipinski definition) is 1. The van der Waals surface area contributed by atoms with Crippen molar-refractivity contribution in [1.82, 2.24) is 9.88 Å². The van der Waals surface area contributed by atoms with Gasteiger partial charge in [-0.2, -0.15) is 0 Å². The summed E-state index contributed by atoms with van der Waals surface area (Å²) in [6, 6.07) is 11.3. The van der Waals surface area contributed by atoms with Gasteiger partial charge in [0.15, 0.2) is 5.43 Å². The highest BCUT2D eigenvalue weighted by Crippen LogP contribution is 2.25. The highest BCUT2D eigenvalue weighted by atomic mass is 16.5. The van der Waals surface area contributed by atoms with Crippen LogP contribution >= 0.6 is 0 Å². The maximum atomic E-state index is 11.2. The van der Waals surface area contributed by atoms with Crippen molar-refractivity contribution in [3.8, 4) is 5.75 Å². The molecule has 0 radical (unpaired) electrons. The topological polar surface area (TPSA) is 43.3 Å². The molecule has 20 heavy (non-hydrogen) atoms. The summed E-state index contributed by atoms with van der Waals surface area (Å²) in [7, 11) is 1.68. The Bertz CT molecular complexity index is 587. The van der Waals surface area contributed by atoms with Gasteiger partial charge in [-0.3, -0.25) is 4.79 Å². The smallest absolute Gasteiger partial charge is 0.181 e. The largest absolute Gasteiger partial charge is 0.496 e. The van der Waals surface area contributed by atoms with Gasteiger partial charge in [-0.15, -0.1) is 0 Å². The fraction of sp³-hybridized carbons (Fsp3) is 0.312. The second-order valence-electron chi connectivity index (χ2n) is 4.58. The first-order valence-electron chi connectivity index (χ1n) is 6.77. The van der Waals surface area contributed by atoms with Crippen molar-refractivity contribution in [2.24, 2.45) is 0 Å². The molecule has 1 aromatic heterocycles. The fourth-order valence-electron chi connectivity index (χ4n) is 2.25. The molecule has 0 aliphatic heterocycles. The number of rotatable bonds is 6. The average Bonchev–Trinajstić information content (AvgIpc) is 2.49. The van der Waals surface area contributed by atoms with Gasteiger partial charge in [0.25, 0.3) is 0 Å². The van der Waals surface area contributed by atoms with Crippen molar-refractivity contribution in [3.63, 3.8) is 0 Å². The van der Waals surface area contributed by atoms with E-state index in [4.69, 9.17) is 4.74 Å². The van der Waals surface area contributed by atoms with Crippen LogP contribution in [0.3, 0.4) is 0 Å². The van der Waals surface area contributed by atoms with E-state index in [9.17, 15) is 4.79 Å². The summed E-state index contributed by atoms with van der Waals surface area (Å²) in [6.07, 6.45) is 3.62. The maximum absolute atomic E-state index is 11.2. The van der Waals surface area contributed by atoms with E-state index in [-0.39, 0.29) is 11.5 Å². The van der Waals surface area contributed by atoms with Crippen molar-refractivity contribution in [3.05, 3.63) is 64.6 Å². The summed E-state index contributed by atoms with van der Waals surface area (Å²) in [5, 5.41) is 3.46. The number of aromatic nitrogens is 1. The number of hydrogen-bond acceptors (Lipinski definition) is 3. The number of pyridine rings is 1. The third-order valence-corrected chi connectivity index (χ3v) is 3.22. The molecule has 0 spiro atoms. The summed E-state index contributed by atoms with van der Waals surface area (Å²) in [5.74, 6) is 0.875. The molecule has 1 atom stereocenters. The normalized spacial score (nSPS) is 12.1. The minimum Gasteiger partial charge on any atom is -0.496 e. The number of nitrogens with zero attached hydrogens (tertiary/aromatic N) is 1. The summed E-state index contributed by atoms with van der Waals surface area (Å²) in [5.41, 5.74) is 1.15. The van der Waals surface area contributed by atoms with Crippen molar-refractivity contribution in [2.75, 3.05) is 13.7 Å². The lowest BCUT2D eigenvalue weighted by atomic mass is 10.1. The van der Waals surface area contributed by atoms with E-state index in [1.54, 1.807) is 19.2 Å². The monoisotopic (exact) mass is 272 g/mol. The van der Waals surface area contributed by atoms with E-state index in [0.717, 1.165) is 24.4 Å². The molecule has 0 amide bonds. The molecular weight excluding hydrogens is 252 g/mol. The Balaban J connectivity index is 2.26. The molecule has 0 saturated heterocycles. The number of nitrogens with one attached hydrogen (secondary N) is 1. The number of likely N-dealkylation sites (N-methyl/N-ethyl adjacent to an activating group) is 1. The summed E-state index contributed by atoms with van der Waals surface area (Å²) in [4.78, 5) is 11.2. The Morgan fingerprint density at radius 1 is 1.20 bits per heavy atom. The Morgan fingerprint density at radius 2 is 1.90 bits per heavy atom. The highest BCUT2D eigenvalue weighted by molar-refractivity contribution is 5.35. The Morgan fingerprint density at radius 3 is 2.55 bits per heavy atom. The molecule has 106 valence electrons. The lowest BCUT2D eigenvalue weighted by Crippen LogP contribution is -2.26. The zero-order chi connectivity index (χ0) is 14.4. The number of para-hydroxylation sites is 1. The number of benzene rings is 1. The Kier molecular flexibility index (Phi) is 4.96. The molecule has 2 aromatic rings. The average molecular weight is 272 g/mol. The zero-order valence-electron chi connectivity index (χ0n) is 11.9. The molecule has 0 bridgehead atoms. The van der Waals surface area contributed by atoms with Gasteiger partial charge in [-0.05, 0) is 12.6 Å². The second kappa shape index (κ2) is 6.91. The van der Waals surface area contributed by atoms with Crippen LogP contribution in [-0.2, 0) is 6.54 Å². The van der Waals surface area contributed by atoms with Crippen molar-refractivity contribution in [2.45, 2.75) is 19.5 Å². The molecule has 0 aliphatic carbocycles. The third-order valence-electron chi connectivity index (χ3n) is 3.22. The lowest BCUT2D eigenvalue weighted by Gasteiger charge is -2.22. The van der Waals surface area contributed by atoms with E-state index in [1.165, 1.54) is 0 Å². The van der Waals surface area contributed by atoms with E-state index in [2.05, 4.69) is 18.3 Å². The molecule has 0 fully saturated rings. The highest BCUT2D eigenvalue weighted by Gasteiger charge is 2.14. The molecule has 1 unspecified atom stereocenters. The molecule has 1 aromatic carbocycles. The van der Waals surface area contributed by atoms with E-state index >= 15 is 0 Å². The van der Waals surface area contributed by atoms with Crippen molar-refractivity contribution < 1.29 is 4.74 Å². The molecule has 0 saturated carbocycles. The number of methoxy groups -OCH3 is 1. The van der Waals surface area contributed by atoms with Gasteiger partial charge < -0.3 is 14.6 Å². The Hall–Kier alpha value is -2.07. The Labute approximate surface area is 119 Å². The molecule has 0 aliphatic rings. The van der Waals surface area contributed by atoms with Crippen LogP contribution in [0.1, 0.15) is 18.5 Å². The summed E-state index contributed by atoms with van der Waals surface area (Å²) >= 11 is 0. The first-order chi connectivity index (χ1) is 9.74. The lowest BCUT2D eigenvalue weighted by molar-refractivity contribution is 0.390. The van der Waals surface area contributed by atoms with Crippen LogP contribution in [0.4, 0.5) is 0 Å². The minimum absolute atomic E-state index is 0.0264. The SMILES string of the molecule is CCNC(Cn1ccc(=O)cc1)c1ccccc1OC. The molecule has 4 nitrogen and oxygen atoms in total. The van der Waals surface area contributed by atoms with Crippen LogP contribution in [-0.4, -0.2) is 18.2 Å². The molecule has 1 heterocycles. The van der Waals surface area contributed by atoms with Crippen LogP contribution in [0.25, 0.3) is 0 Å². The molecule has 1 N–H and O–H groups in total. The van der Waals surface area contributed by atoms with Gasteiger partial charge in [0.2, 0.25) is 0 Å². The van der Waals surface area contributed by atoms with Crippen LogP contribution in [0, 0.1) is 0 Å². The quantitative estimate of drug-likeness (QED) is 0.876. The molecular formula is C16H20N2O2. The summed E-state index contributed by atoms with van der Waals surface area (Å²) < 4.78 is 7.43. The van der Waals surface area contributed by atoms with Gasteiger partial charge in [0, 0.05) is 36.6 Å². The van der Waals surface area contributed by atoms with Gasteiger partial charge in [0.1, 0.15) is 5.75 Å². The molecule has 4 heteroatoms. The number of ether oxygens (including phenoxy) is 1. The third kappa shape index (κ3) is 3.48. The van der Waals surface area contributed by atoms with Gasteiger partial charge in [-0.1, -0.05) is 25.1 Å². The molecule has 2 rings (SSSR count). The van der Waals surface area contributed by atoms with E-state index in [0.29, 0.717) is 0 Å². The first-order valence-corrected chi connectivity index (χ1v) is 6.77. The second-order valence-corrected chi connectivity index (χ2v) is 4.58.